The Kier molecular flexibility index (Phi) is 9.11. The maximum Gasteiger partial charge on any atom is 0.253 e. The summed E-state index contributed by atoms with van der Waals surface area (Å²) in [6.45, 7) is 3.00. The van der Waals surface area contributed by atoms with E-state index in [-0.39, 0.29) is 35.7 Å². The van der Waals surface area contributed by atoms with Gasteiger partial charge in [0, 0.05) is 55.9 Å². The van der Waals surface area contributed by atoms with E-state index in [2.05, 4.69) is 20.6 Å². The van der Waals surface area contributed by atoms with Crippen molar-refractivity contribution in [1.82, 2.24) is 20.5 Å². The van der Waals surface area contributed by atoms with Crippen molar-refractivity contribution in [2.45, 2.75) is 32.2 Å². The summed E-state index contributed by atoms with van der Waals surface area (Å²) < 4.78 is 13.5. The molecule has 1 aliphatic heterocycles. The van der Waals surface area contributed by atoms with E-state index in [1.54, 1.807) is 19.2 Å². The highest BCUT2D eigenvalue weighted by Crippen LogP contribution is 2.19. The number of aliphatic imine (C=N–C) groups is 1. The van der Waals surface area contributed by atoms with Crippen molar-refractivity contribution in [3.8, 4) is 0 Å². The second kappa shape index (κ2) is 12.0. The Morgan fingerprint density at radius 1 is 1.09 bits per heavy atom. The van der Waals surface area contributed by atoms with Crippen molar-refractivity contribution in [3.05, 3.63) is 71.2 Å². The lowest BCUT2D eigenvalue weighted by atomic mass is 10.1. The Balaban J connectivity index is 0.00000306. The molecule has 0 spiro atoms. The Bertz CT molecular complexity index is 1090. The number of nitrogens with one attached hydrogen (secondary N) is 3. The minimum Gasteiger partial charge on any atom is -0.361 e. The first-order valence-corrected chi connectivity index (χ1v) is 11.2. The van der Waals surface area contributed by atoms with E-state index in [9.17, 15) is 9.18 Å². The van der Waals surface area contributed by atoms with Crippen molar-refractivity contribution in [3.63, 3.8) is 0 Å². The molecule has 1 saturated heterocycles. The highest BCUT2D eigenvalue weighted by molar-refractivity contribution is 14.0. The van der Waals surface area contributed by atoms with Gasteiger partial charge in [0.15, 0.2) is 5.96 Å². The number of aromatic nitrogens is 1. The summed E-state index contributed by atoms with van der Waals surface area (Å²) in [4.78, 5) is 22.0. The van der Waals surface area contributed by atoms with Crippen LogP contribution in [-0.4, -0.2) is 48.4 Å². The summed E-state index contributed by atoms with van der Waals surface area (Å²) >= 11 is 0. The number of hydrogen-bond acceptors (Lipinski definition) is 2. The van der Waals surface area contributed by atoms with Crippen LogP contribution in [0.1, 0.15) is 40.7 Å². The molecule has 1 aromatic heterocycles. The number of hydrogen-bond donors (Lipinski definition) is 3. The van der Waals surface area contributed by atoms with Gasteiger partial charge in [-0.2, -0.15) is 0 Å². The molecule has 0 radical (unpaired) electrons. The number of guanidine groups is 1. The summed E-state index contributed by atoms with van der Waals surface area (Å²) in [7, 11) is 1.73. The van der Waals surface area contributed by atoms with E-state index in [0.717, 1.165) is 59.9 Å². The van der Waals surface area contributed by atoms with Gasteiger partial charge in [0.25, 0.3) is 5.91 Å². The van der Waals surface area contributed by atoms with Gasteiger partial charge in [-0.3, -0.25) is 9.79 Å². The number of nitrogens with zero attached hydrogens (tertiary/aromatic N) is 2. The van der Waals surface area contributed by atoms with Crippen LogP contribution in [0.15, 0.2) is 53.7 Å². The second-order valence-electron chi connectivity index (χ2n) is 8.16. The van der Waals surface area contributed by atoms with Gasteiger partial charge in [-0.05, 0) is 67.1 Å². The summed E-state index contributed by atoms with van der Waals surface area (Å²) in [5.74, 6) is 0.593. The topological polar surface area (TPSA) is 72.5 Å². The summed E-state index contributed by atoms with van der Waals surface area (Å²) in [6, 6.07) is 12.6. The van der Waals surface area contributed by atoms with Crippen LogP contribution in [-0.2, 0) is 13.0 Å². The standard InChI is InChI=1S/C25H30FN5O.HI/c1-27-25(28-12-11-20-17-29-23-10-9-21(26)15-22(20)23)30-16-18-5-7-19(8-6-18)24(32)31-13-3-2-4-14-31;/h5-10,15,17,29H,2-4,11-14,16H2,1H3,(H2,27,28,30);1H. The predicted molar refractivity (Wildman–Crippen MR) is 142 cm³/mol. The fraction of sp³-hybridized carbons (Fsp3) is 0.360. The van der Waals surface area contributed by atoms with Gasteiger partial charge in [0.1, 0.15) is 5.82 Å². The number of rotatable bonds is 6. The Morgan fingerprint density at radius 3 is 2.58 bits per heavy atom. The number of likely N-dealkylation sites (tertiary alicyclic amines) is 1. The minimum atomic E-state index is -0.229. The highest BCUT2D eigenvalue weighted by Gasteiger charge is 2.17. The molecule has 0 bridgehead atoms. The molecule has 2 aromatic carbocycles. The number of halogens is 2. The molecule has 4 rings (SSSR count). The van der Waals surface area contributed by atoms with Crippen LogP contribution in [0.5, 0.6) is 0 Å². The summed E-state index contributed by atoms with van der Waals surface area (Å²) in [5.41, 5.74) is 3.83. The molecule has 1 fully saturated rings. The van der Waals surface area contributed by atoms with E-state index in [0.29, 0.717) is 19.0 Å². The lowest BCUT2D eigenvalue weighted by molar-refractivity contribution is 0.0724. The van der Waals surface area contributed by atoms with Crippen molar-refractivity contribution >= 4 is 46.7 Å². The number of H-pyrrole nitrogens is 1. The third-order valence-corrected chi connectivity index (χ3v) is 5.94. The lowest BCUT2D eigenvalue weighted by Gasteiger charge is -2.26. The number of amides is 1. The average molecular weight is 563 g/mol. The number of carbonyl (C=O) groups excluding carboxylic acids is 1. The normalized spacial score (nSPS) is 14.1. The molecule has 0 atom stereocenters. The molecule has 0 aliphatic carbocycles. The molecule has 3 N–H and O–H groups in total. The zero-order valence-corrected chi connectivity index (χ0v) is 21.2. The van der Waals surface area contributed by atoms with Crippen molar-refractivity contribution < 1.29 is 9.18 Å². The number of benzene rings is 2. The highest BCUT2D eigenvalue weighted by atomic mass is 127. The minimum absolute atomic E-state index is 0. The van der Waals surface area contributed by atoms with Crippen LogP contribution in [0.3, 0.4) is 0 Å². The third-order valence-electron chi connectivity index (χ3n) is 5.94. The fourth-order valence-corrected chi connectivity index (χ4v) is 4.12. The second-order valence-corrected chi connectivity index (χ2v) is 8.16. The monoisotopic (exact) mass is 563 g/mol. The molecule has 1 amide bonds. The third kappa shape index (κ3) is 6.46. The van der Waals surface area contributed by atoms with Crippen LogP contribution < -0.4 is 10.6 Å². The van der Waals surface area contributed by atoms with Gasteiger partial charge in [-0.25, -0.2) is 4.39 Å². The van der Waals surface area contributed by atoms with Gasteiger partial charge in [0.2, 0.25) is 0 Å². The van der Waals surface area contributed by atoms with Crippen molar-refractivity contribution in [2.24, 2.45) is 4.99 Å². The van der Waals surface area contributed by atoms with E-state index in [1.807, 2.05) is 35.4 Å². The van der Waals surface area contributed by atoms with Crippen LogP contribution in [0.4, 0.5) is 4.39 Å². The van der Waals surface area contributed by atoms with Crippen LogP contribution in [0.2, 0.25) is 0 Å². The fourth-order valence-electron chi connectivity index (χ4n) is 4.12. The van der Waals surface area contributed by atoms with Crippen molar-refractivity contribution in [2.75, 3.05) is 26.7 Å². The van der Waals surface area contributed by atoms with Crippen molar-refractivity contribution in [1.29, 1.82) is 0 Å². The molecule has 176 valence electrons. The number of aromatic amines is 1. The first-order chi connectivity index (χ1) is 15.6. The maximum absolute atomic E-state index is 13.5. The van der Waals surface area contributed by atoms with Gasteiger partial charge >= 0.3 is 0 Å². The molecule has 8 heteroatoms. The lowest BCUT2D eigenvalue weighted by Crippen LogP contribution is -2.37. The molecule has 3 aromatic rings. The van der Waals surface area contributed by atoms with Crippen LogP contribution >= 0.6 is 24.0 Å². The molecule has 1 aliphatic rings. The number of fused-ring (bicyclic) bond motifs is 1. The average Bonchev–Trinajstić information content (AvgIpc) is 3.23. The zero-order valence-electron chi connectivity index (χ0n) is 18.9. The first kappa shape index (κ1) is 25.0. The SMILES string of the molecule is CN=C(NCCc1c[nH]c2ccc(F)cc12)NCc1ccc(C(=O)N2CCCCC2)cc1.I. The Labute approximate surface area is 211 Å². The predicted octanol–water partition coefficient (Wildman–Crippen LogP) is 4.46. The van der Waals surface area contributed by atoms with Gasteiger partial charge in [-0.15, -0.1) is 24.0 Å². The summed E-state index contributed by atoms with van der Waals surface area (Å²) in [5, 5.41) is 7.51. The van der Waals surface area contributed by atoms with Gasteiger partial charge in [-0.1, -0.05) is 12.1 Å². The largest absolute Gasteiger partial charge is 0.361 e. The molecular formula is C25H31FIN5O. The Morgan fingerprint density at radius 2 is 1.85 bits per heavy atom. The number of piperidine rings is 1. The molecule has 0 saturated carbocycles. The quantitative estimate of drug-likeness (QED) is 0.236. The first-order valence-electron chi connectivity index (χ1n) is 11.2. The van der Waals surface area contributed by atoms with Gasteiger partial charge in [0.05, 0.1) is 0 Å². The molecule has 6 nitrogen and oxygen atoms in total. The van der Waals surface area contributed by atoms with Crippen LogP contribution in [0.25, 0.3) is 10.9 Å². The zero-order chi connectivity index (χ0) is 22.3. The maximum atomic E-state index is 13.5. The van der Waals surface area contributed by atoms with E-state index >= 15 is 0 Å². The van der Waals surface area contributed by atoms with Gasteiger partial charge < -0.3 is 20.5 Å². The number of carbonyl (C=O) groups is 1. The van der Waals surface area contributed by atoms with E-state index < -0.39 is 0 Å². The molecule has 0 unspecified atom stereocenters. The van der Waals surface area contributed by atoms with E-state index in [1.165, 1.54) is 12.5 Å². The van der Waals surface area contributed by atoms with Crippen LogP contribution in [0, 0.1) is 5.82 Å². The molecule has 2 heterocycles. The summed E-state index contributed by atoms with van der Waals surface area (Å²) in [6.07, 6.45) is 6.07. The Hall–Kier alpha value is -2.62. The molecular weight excluding hydrogens is 532 g/mol. The molecule has 33 heavy (non-hydrogen) atoms. The van der Waals surface area contributed by atoms with E-state index in [4.69, 9.17) is 0 Å². The smallest absolute Gasteiger partial charge is 0.253 e.